The van der Waals surface area contributed by atoms with Gasteiger partial charge in [0.25, 0.3) is 0 Å². The highest BCUT2D eigenvalue weighted by molar-refractivity contribution is 5.98. The Balaban J connectivity index is 1.85. The lowest BCUT2D eigenvalue weighted by Crippen LogP contribution is -2.45. The zero-order valence-corrected chi connectivity index (χ0v) is 26.6. The molecule has 0 unspecified atom stereocenters. The Morgan fingerprint density at radius 1 is 1.20 bits per heavy atom. The van der Waals surface area contributed by atoms with Crippen molar-refractivity contribution in [1.29, 1.82) is 5.26 Å². The van der Waals surface area contributed by atoms with Gasteiger partial charge in [-0.05, 0) is 97.2 Å². The van der Waals surface area contributed by atoms with Crippen molar-refractivity contribution in [3.63, 3.8) is 0 Å². The Morgan fingerprint density at radius 3 is 2.55 bits per heavy atom. The summed E-state index contributed by atoms with van der Waals surface area (Å²) < 4.78 is 18.6. The number of allylic oxidation sites excluding steroid dienone is 2. The van der Waals surface area contributed by atoms with E-state index in [2.05, 4.69) is 16.5 Å². The standard InChI is InChI=1S/C33H42N6O5/c1-8-22(4)43-31(40)37-19-11-12-23(21-37)36-29-26(9-2)30(39-28(17-18-35-39)27(29)20-34)38(32(41)44-33(5,6)7)24-13-15-25(16-14-24)42-10-3/h8,13-18,23,36H,9-12,19,21H2,1-7H3/b22-8+/t23-/m0/s1. The number of nitriles is 1. The topological polar surface area (TPSA) is 121 Å². The van der Waals surface area contributed by atoms with Crippen LogP contribution in [-0.4, -0.2) is 58.0 Å². The summed E-state index contributed by atoms with van der Waals surface area (Å²) in [5, 5.41) is 18.5. The van der Waals surface area contributed by atoms with Crippen LogP contribution in [0.2, 0.25) is 0 Å². The highest BCUT2D eigenvalue weighted by atomic mass is 16.6. The van der Waals surface area contributed by atoms with E-state index in [1.165, 1.54) is 4.90 Å². The molecule has 3 aromatic rings. The molecule has 2 amide bonds. The SMILES string of the molecule is C/C=C(\C)OC(=O)N1CCC[C@H](Nc2c(CC)c(N(C(=O)OC(C)(C)C)c3ccc(OCC)cc3)n3nccc3c2C#N)C1. The van der Waals surface area contributed by atoms with Gasteiger partial charge in [-0.3, -0.25) is 0 Å². The van der Waals surface area contributed by atoms with Crippen LogP contribution in [0.1, 0.15) is 72.4 Å². The molecular formula is C33H42N6O5. The molecule has 2 aromatic heterocycles. The van der Waals surface area contributed by atoms with E-state index in [1.807, 2.05) is 41.5 Å². The van der Waals surface area contributed by atoms with Gasteiger partial charge in [-0.1, -0.05) is 6.92 Å². The lowest BCUT2D eigenvalue weighted by molar-refractivity contribution is 0.0597. The number of carbonyl (C=O) groups is 2. The van der Waals surface area contributed by atoms with Crippen molar-refractivity contribution in [1.82, 2.24) is 14.5 Å². The number of carbonyl (C=O) groups excluding carboxylic acids is 2. The molecule has 1 aliphatic rings. The van der Waals surface area contributed by atoms with E-state index in [9.17, 15) is 14.9 Å². The fraction of sp³-hybridized carbons (Fsp3) is 0.455. The van der Waals surface area contributed by atoms with Crippen LogP contribution in [0.4, 0.5) is 26.8 Å². The Kier molecular flexibility index (Phi) is 10.0. The molecule has 11 heteroatoms. The first-order valence-corrected chi connectivity index (χ1v) is 15.1. The average molecular weight is 603 g/mol. The van der Waals surface area contributed by atoms with E-state index in [0.29, 0.717) is 71.5 Å². The fourth-order valence-corrected chi connectivity index (χ4v) is 5.22. The number of hydrogen-bond donors (Lipinski definition) is 1. The molecule has 1 aromatic carbocycles. The summed E-state index contributed by atoms with van der Waals surface area (Å²) >= 11 is 0. The van der Waals surface area contributed by atoms with Crippen LogP contribution in [0.5, 0.6) is 5.75 Å². The normalized spacial score (nSPS) is 15.5. The molecule has 0 bridgehead atoms. The van der Waals surface area contributed by atoms with Crippen LogP contribution in [0.3, 0.4) is 0 Å². The number of nitrogens with zero attached hydrogens (tertiary/aromatic N) is 5. The van der Waals surface area contributed by atoms with Crippen molar-refractivity contribution in [2.75, 3.05) is 29.9 Å². The van der Waals surface area contributed by atoms with Crippen LogP contribution >= 0.6 is 0 Å². The van der Waals surface area contributed by atoms with E-state index in [4.69, 9.17) is 14.2 Å². The van der Waals surface area contributed by atoms with Gasteiger partial charge >= 0.3 is 12.2 Å². The van der Waals surface area contributed by atoms with Crippen molar-refractivity contribution in [2.45, 2.75) is 79.4 Å². The molecule has 1 saturated heterocycles. The van der Waals surface area contributed by atoms with Crippen molar-refractivity contribution < 1.29 is 23.8 Å². The molecule has 1 aliphatic heterocycles. The Bertz CT molecular complexity index is 1560. The molecule has 0 aliphatic carbocycles. The molecule has 0 radical (unpaired) electrons. The lowest BCUT2D eigenvalue weighted by Gasteiger charge is -2.34. The molecule has 4 rings (SSSR count). The van der Waals surface area contributed by atoms with E-state index in [1.54, 1.807) is 58.9 Å². The largest absolute Gasteiger partial charge is 0.494 e. The summed E-state index contributed by atoms with van der Waals surface area (Å²) in [4.78, 5) is 30.0. The number of pyridine rings is 1. The second kappa shape index (κ2) is 13.7. The molecule has 11 nitrogen and oxygen atoms in total. The van der Waals surface area contributed by atoms with Crippen molar-refractivity contribution in [2.24, 2.45) is 0 Å². The van der Waals surface area contributed by atoms with Crippen LogP contribution in [0.25, 0.3) is 5.52 Å². The first-order chi connectivity index (χ1) is 21.0. The molecule has 3 heterocycles. The first kappa shape index (κ1) is 32.2. The van der Waals surface area contributed by atoms with Gasteiger partial charge in [-0.2, -0.15) is 10.4 Å². The van der Waals surface area contributed by atoms with Gasteiger partial charge in [0.15, 0.2) is 0 Å². The number of piperidine rings is 1. The van der Waals surface area contributed by atoms with Gasteiger partial charge in [-0.15, -0.1) is 0 Å². The molecule has 0 spiro atoms. The number of amides is 2. The third kappa shape index (κ3) is 7.08. The maximum Gasteiger partial charge on any atom is 0.420 e. The van der Waals surface area contributed by atoms with Crippen LogP contribution in [0.15, 0.2) is 48.4 Å². The zero-order valence-electron chi connectivity index (χ0n) is 26.6. The van der Waals surface area contributed by atoms with E-state index < -0.39 is 17.8 Å². The van der Waals surface area contributed by atoms with Crippen LogP contribution in [0, 0.1) is 11.3 Å². The Labute approximate surface area is 259 Å². The average Bonchev–Trinajstić information content (AvgIpc) is 3.47. The number of nitrogens with one attached hydrogen (secondary N) is 1. The minimum atomic E-state index is -0.768. The highest BCUT2D eigenvalue weighted by Crippen LogP contribution is 2.39. The quantitative estimate of drug-likeness (QED) is 0.269. The number of aromatic nitrogens is 2. The van der Waals surface area contributed by atoms with Crippen molar-refractivity contribution in [3.8, 4) is 11.8 Å². The minimum absolute atomic E-state index is 0.154. The van der Waals surface area contributed by atoms with Gasteiger partial charge in [-0.25, -0.2) is 19.0 Å². The third-order valence-electron chi connectivity index (χ3n) is 7.26. The predicted molar refractivity (Wildman–Crippen MR) is 169 cm³/mol. The van der Waals surface area contributed by atoms with Gasteiger partial charge in [0.2, 0.25) is 0 Å². The molecule has 1 N–H and O–H groups in total. The lowest BCUT2D eigenvalue weighted by atomic mass is 10.0. The monoisotopic (exact) mass is 602 g/mol. The number of hydrogen-bond acceptors (Lipinski definition) is 8. The smallest absolute Gasteiger partial charge is 0.420 e. The van der Waals surface area contributed by atoms with E-state index >= 15 is 0 Å². The minimum Gasteiger partial charge on any atom is -0.494 e. The summed E-state index contributed by atoms with van der Waals surface area (Å²) in [6.45, 7) is 14.4. The summed E-state index contributed by atoms with van der Waals surface area (Å²) in [5.41, 5.74) is 2.04. The number of benzene rings is 1. The van der Waals surface area contributed by atoms with E-state index in [0.717, 1.165) is 12.8 Å². The van der Waals surface area contributed by atoms with Crippen molar-refractivity contribution in [3.05, 3.63) is 59.5 Å². The number of fused-ring (bicyclic) bond motifs is 1. The van der Waals surface area contributed by atoms with Crippen LogP contribution < -0.4 is 15.0 Å². The predicted octanol–water partition coefficient (Wildman–Crippen LogP) is 7.18. The Hall–Kier alpha value is -4.72. The maximum atomic E-state index is 14.0. The Morgan fingerprint density at radius 2 is 1.93 bits per heavy atom. The second-order valence-corrected chi connectivity index (χ2v) is 11.6. The summed E-state index contributed by atoms with van der Waals surface area (Å²) in [7, 11) is 0. The maximum absolute atomic E-state index is 14.0. The van der Waals surface area contributed by atoms with Gasteiger partial charge in [0.1, 0.15) is 34.6 Å². The van der Waals surface area contributed by atoms with Crippen molar-refractivity contribution >= 4 is 34.9 Å². The summed E-state index contributed by atoms with van der Waals surface area (Å²) in [6, 6.07) is 11.2. The van der Waals surface area contributed by atoms with Gasteiger partial charge < -0.3 is 24.4 Å². The number of ether oxygens (including phenoxy) is 3. The molecule has 1 atom stereocenters. The molecular weight excluding hydrogens is 560 g/mol. The number of likely N-dealkylation sites (tertiary alicyclic amines) is 1. The number of anilines is 3. The van der Waals surface area contributed by atoms with Gasteiger partial charge in [0, 0.05) is 24.7 Å². The molecule has 234 valence electrons. The number of rotatable bonds is 8. The van der Waals surface area contributed by atoms with Gasteiger partial charge in [0.05, 0.1) is 29.7 Å². The zero-order chi connectivity index (χ0) is 32.0. The summed E-state index contributed by atoms with van der Waals surface area (Å²) in [5.74, 6) is 1.67. The van der Waals surface area contributed by atoms with E-state index in [-0.39, 0.29) is 6.04 Å². The second-order valence-electron chi connectivity index (χ2n) is 11.6. The molecule has 1 fully saturated rings. The molecule has 0 saturated carbocycles. The fourth-order valence-electron chi connectivity index (χ4n) is 5.22. The highest BCUT2D eigenvalue weighted by Gasteiger charge is 2.33. The first-order valence-electron chi connectivity index (χ1n) is 15.1. The summed E-state index contributed by atoms with van der Waals surface area (Å²) in [6.07, 6.45) is 4.38. The third-order valence-corrected chi connectivity index (χ3v) is 7.26. The molecule has 44 heavy (non-hydrogen) atoms. The van der Waals surface area contributed by atoms with Crippen LogP contribution in [-0.2, 0) is 15.9 Å².